The Labute approximate surface area is 92.9 Å². The fourth-order valence-corrected chi connectivity index (χ4v) is 0.385. The van der Waals surface area contributed by atoms with Crippen molar-refractivity contribution in [1.82, 2.24) is 0 Å². The number of aliphatic carboxylic acids is 1. The zero-order valence-corrected chi connectivity index (χ0v) is 10.1. The van der Waals surface area contributed by atoms with E-state index in [9.17, 15) is 4.79 Å². The topological polar surface area (TPSA) is 63.3 Å². The minimum absolute atomic E-state index is 0.222. The second kappa shape index (κ2) is 22.9. The average Bonchev–Trinajstić information content (AvgIpc) is 2.37. The van der Waals surface area contributed by atoms with Crippen LogP contribution in [0.5, 0.6) is 0 Å². The third kappa shape index (κ3) is 32.4. The summed E-state index contributed by atoms with van der Waals surface area (Å²) in [6.07, 6.45) is 0.222. The molecule has 0 aliphatic rings. The molecular formula is C12H23NO2. The summed E-state index contributed by atoms with van der Waals surface area (Å²) >= 11 is 0. The highest BCUT2D eigenvalue weighted by Crippen LogP contribution is 1.79. The smallest absolute Gasteiger partial charge is 0.303 e. The highest BCUT2D eigenvalue weighted by molar-refractivity contribution is 5.66. The van der Waals surface area contributed by atoms with Crippen LogP contribution in [0.2, 0.25) is 0 Å². The summed E-state index contributed by atoms with van der Waals surface area (Å²) in [6, 6.07) is 12.0. The molecule has 0 fully saturated rings. The lowest BCUT2D eigenvalue weighted by atomic mass is 10.4. The first-order valence-electron chi connectivity index (χ1n) is 5.07. The second-order valence-corrected chi connectivity index (χ2v) is 1.90. The lowest BCUT2D eigenvalue weighted by Gasteiger charge is -1.71. The molecular weight excluding hydrogens is 190 g/mol. The van der Waals surface area contributed by atoms with Crippen molar-refractivity contribution in [1.29, 1.82) is 0 Å². The SMILES string of the molecule is CC.CCC(=O)O.CN.c1ccccc1. The summed E-state index contributed by atoms with van der Waals surface area (Å²) in [6.45, 7) is 5.60. The quantitative estimate of drug-likeness (QED) is 0.754. The molecule has 0 spiro atoms. The van der Waals surface area contributed by atoms with Gasteiger partial charge in [-0.3, -0.25) is 4.79 Å². The van der Waals surface area contributed by atoms with E-state index in [1.54, 1.807) is 6.92 Å². The molecule has 1 aromatic carbocycles. The highest BCUT2D eigenvalue weighted by Gasteiger charge is 1.80. The van der Waals surface area contributed by atoms with E-state index < -0.39 is 5.97 Å². The number of nitrogens with two attached hydrogens (primary N) is 1. The van der Waals surface area contributed by atoms with Gasteiger partial charge >= 0.3 is 5.97 Å². The van der Waals surface area contributed by atoms with Crippen molar-refractivity contribution in [3.8, 4) is 0 Å². The van der Waals surface area contributed by atoms with Crippen molar-refractivity contribution in [3.63, 3.8) is 0 Å². The van der Waals surface area contributed by atoms with Crippen molar-refractivity contribution >= 4 is 5.97 Å². The molecule has 3 heteroatoms. The number of hydrogen-bond acceptors (Lipinski definition) is 2. The van der Waals surface area contributed by atoms with Gasteiger partial charge < -0.3 is 10.8 Å². The Morgan fingerprint density at radius 3 is 1.20 bits per heavy atom. The van der Waals surface area contributed by atoms with Crippen molar-refractivity contribution in [2.45, 2.75) is 27.2 Å². The lowest BCUT2D eigenvalue weighted by Crippen LogP contribution is -1.86. The predicted octanol–water partition coefficient (Wildman–Crippen LogP) is 2.77. The van der Waals surface area contributed by atoms with Crippen molar-refractivity contribution < 1.29 is 9.90 Å². The van der Waals surface area contributed by atoms with Gasteiger partial charge in [0.2, 0.25) is 0 Å². The van der Waals surface area contributed by atoms with Crippen LogP contribution in [0, 0.1) is 0 Å². The van der Waals surface area contributed by atoms with Gasteiger partial charge in [0.1, 0.15) is 0 Å². The summed E-state index contributed by atoms with van der Waals surface area (Å²) in [5, 5.41) is 7.72. The Balaban J connectivity index is -0.000000146. The molecule has 0 heterocycles. The van der Waals surface area contributed by atoms with Gasteiger partial charge in [0.25, 0.3) is 0 Å². The summed E-state index contributed by atoms with van der Waals surface area (Å²) < 4.78 is 0. The van der Waals surface area contributed by atoms with Gasteiger partial charge in [0.05, 0.1) is 0 Å². The molecule has 3 nitrogen and oxygen atoms in total. The van der Waals surface area contributed by atoms with Crippen LogP contribution in [0.4, 0.5) is 0 Å². The molecule has 0 unspecified atom stereocenters. The normalized spacial score (nSPS) is 6.47. The molecule has 0 radical (unpaired) electrons. The summed E-state index contributed by atoms with van der Waals surface area (Å²) in [7, 11) is 1.50. The number of hydrogen-bond donors (Lipinski definition) is 2. The molecule has 0 aliphatic carbocycles. The molecule has 1 aromatic rings. The third-order valence-electron chi connectivity index (χ3n) is 0.969. The van der Waals surface area contributed by atoms with E-state index in [0.29, 0.717) is 0 Å². The first-order chi connectivity index (χ1) is 7.27. The molecule has 0 saturated carbocycles. The van der Waals surface area contributed by atoms with Crippen LogP contribution < -0.4 is 5.73 Å². The number of carboxylic acid groups (broad SMARTS) is 1. The molecule has 0 saturated heterocycles. The Morgan fingerprint density at radius 1 is 1.00 bits per heavy atom. The molecule has 0 aromatic heterocycles. The van der Waals surface area contributed by atoms with Crippen LogP contribution in [-0.2, 0) is 4.79 Å². The molecule has 88 valence electrons. The average molecular weight is 213 g/mol. The van der Waals surface area contributed by atoms with Crippen LogP contribution in [0.25, 0.3) is 0 Å². The number of carboxylic acids is 1. The molecule has 0 amide bonds. The Hall–Kier alpha value is -1.35. The van der Waals surface area contributed by atoms with Gasteiger partial charge in [0, 0.05) is 6.42 Å². The van der Waals surface area contributed by atoms with E-state index in [1.165, 1.54) is 7.05 Å². The first-order valence-corrected chi connectivity index (χ1v) is 5.07. The van der Waals surface area contributed by atoms with Gasteiger partial charge in [-0.05, 0) is 7.05 Å². The van der Waals surface area contributed by atoms with E-state index in [0.717, 1.165) is 0 Å². The van der Waals surface area contributed by atoms with E-state index >= 15 is 0 Å². The van der Waals surface area contributed by atoms with Crippen LogP contribution in [-0.4, -0.2) is 18.1 Å². The second-order valence-electron chi connectivity index (χ2n) is 1.90. The minimum Gasteiger partial charge on any atom is -0.481 e. The standard InChI is InChI=1S/C6H6.C3H6O2.C2H6.CH5N/c1-2-4-6-5-3-1;1-2-3(4)5;2*1-2/h1-6H;2H2,1H3,(H,4,5);1-2H3;2H2,1H3. The third-order valence-corrected chi connectivity index (χ3v) is 0.969. The van der Waals surface area contributed by atoms with Crippen LogP contribution in [0.3, 0.4) is 0 Å². The summed E-state index contributed by atoms with van der Waals surface area (Å²) in [5.74, 6) is -0.745. The Bertz CT molecular complexity index is 161. The largest absolute Gasteiger partial charge is 0.481 e. The van der Waals surface area contributed by atoms with Gasteiger partial charge in [-0.1, -0.05) is 57.2 Å². The van der Waals surface area contributed by atoms with E-state index in [1.807, 2.05) is 50.2 Å². The van der Waals surface area contributed by atoms with Gasteiger partial charge in [0.15, 0.2) is 0 Å². The van der Waals surface area contributed by atoms with E-state index in [4.69, 9.17) is 5.11 Å². The predicted molar refractivity (Wildman–Crippen MR) is 65.8 cm³/mol. The molecule has 0 aliphatic heterocycles. The van der Waals surface area contributed by atoms with E-state index in [2.05, 4.69) is 5.73 Å². The molecule has 1 rings (SSSR count). The van der Waals surface area contributed by atoms with Gasteiger partial charge in [-0.15, -0.1) is 0 Å². The van der Waals surface area contributed by atoms with Gasteiger partial charge in [-0.25, -0.2) is 0 Å². The van der Waals surface area contributed by atoms with Crippen LogP contribution >= 0.6 is 0 Å². The van der Waals surface area contributed by atoms with Gasteiger partial charge in [-0.2, -0.15) is 0 Å². The maximum Gasteiger partial charge on any atom is 0.303 e. The Kier molecular flexibility index (Phi) is 29.5. The monoisotopic (exact) mass is 213 g/mol. The van der Waals surface area contributed by atoms with E-state index in [-0.39, 0.29) is 6.42 Å². The highest BCUT2D eigenvalue weighted by atomic mass is 16.4. The number of benzene rings is 1. The first kappa shape index (κ1) is 19.3. The van der Waals surface area contributed by atoms with Crippen molar-refractivity contribution in [2.75, 3.05) is 7.05 Å². The van der Waals surface area contributed by atoms with Crippen molar-refractivity contribution in [3.05, 3.63) is 36.4 Å². The van der Waals surface area contributed by atoms with Crippen molar-refractivity contribution in [2.24, 2.45) is 5.73 Å². The summed E-state index contributed by atoms with van der Waals surface area (Å²) in [4.78, 5) is 9.37. The zero-order valence-electron chi connectivity index (χ0n) is 10.1. The fourth-order valence-electron chi connectivity index (χ4n) is 0.385. The zero-order chi connectivity index (χ0) is 12.5. The number of carbonyl (C=O) groups is 1. The molecule has 15 heavy (non-hydrogen) atoms. The molecule has 0 bridgehead atoms. The van der Waals surface area contributed by atoms with Crippen LogP contribution in [0.15, 0.2) is 36.4 Å². The maximum absolute atomic E-state index is 9.37. The lowest BCUT2D eigenvalue weighted by molar-refractivity contribution is -0.136. The minimum atomic E-state index is -0.745. The van der Waals surface area contributed by atoms with Crippen LogP contribution in [0.1, 0.15) is 27.2 Å². The Morgan fingerprint density at radius 2 is 1.13 bits per heavy atom. The maximum atomic E-state index is 9.37. The number of rotatable bonds is 1. The summed E-state index contributed by atoms with van der Waals surface area (Å²) in [5.41, 5.74) is 4.50. The fraction of sp³-hybridized carbons (Fsp3) is 0.417. The molecule has 3 N–H and O–H groups in total. The molecule has 0 atom stereocenters.